The van der Waals surface area contributed by atoms with Gasteiger partial charge in [0.2, 0.25) is 5.91 Å². The molecule has 6 heteroatoms. The van der Waals surface area contributed by atoms with Crippen molar-refractivity contribution in [3.63, 3.8) is 0 Å². The van der Waals surface area contributed by atoms with Crippen molar-refractivity contribution >= 4 is 11.8 Å². The van der Waals surface area contributed by atoms with Gasteiger partial charge >= 0.3 is 0 Å². The number of hydrogen-bond donors (Lipinski definition) is 0. The fraction of sp³-hybridized carbons (Fsp3) is 0.750. The number of fused-ring (bicyclic) bond motifs is 1. The summed E-state index contributed by atoms with van der Waals surface area (Å²) in [7, 11) is 0. The maximum Gasteiger partial charge on any atom is 0.274 e. The molecule has 2 fully saturated rings. The van der Waals surface area contributed by atoms with E-state index in [4.69, 9.17) is 0 Å². The first-order chi connectivity index (χ1) is 12.7. The Labute approximate surface area is 155 Å². The first-order valence-corrected chi connectivity index (χ1v) is 10.3. The molecule has 4 rings (SSSR count). The van der Waals surface area contributed by atoms with Gasteiger partial charge in [0, 0.05) is 44.8 Å². The van der Waals surface area contributed by atoms with E-state index >= 15 is 0 Å². The normalized spacial score (nSPS) is 21.5. The van der Waals surface area contributed by atoms with Crippen LogP contribution in [0.3, 0.4) is 0 Å². The van der Waals surface area contributed by atoms with E-state index < -0.39 is 0 Å². The van der Waals surface area contributed by atoms with Gasteiger partial charge in [0.15, 0.2) is 5.69 Å². The van der Waals surface area contributed by atoms with E-state index in [1.54, 1.807) is 0 Å². The van der Waals surface area contributed by atoms with Gasteiger partial charge in [-0.25, -0.2) is 0 Å². The minimum atomic E-state index is 0.0197. The maximum absolute atomic E-state index is 12.8. The van der Waals surface area contributed by atoms with E-state index in [9.17, 15) is 9.59 Å². The summed E-state index contributed by atoms with van der Waals surface area (Å²) >= 11 is 0. The highest BCUT2D eigenvalue weighted by Crippen LogP contribution is 2.27. The number of carbonyl (C=O) groups excluding carboxylic acids is 2. The highest BCUT2D eigenvalue weighted by atomic mass is 16.2. The summed E-state index contributed by atoms with van der Waals surface area (Å²) in [5, 5.41) is 4.50. The van der Waals surface area contributed by atoms with E-state index in [0.717, 1.165) is 19.4 Å². The molecule has 3 aliphatic rings. The summed E-state index contributed by atoms with van der Waals surface area (Å²) in [6, 6.07) is 1.96. The molecule has 1 aliphatic carbocycles. The molecule has 1 saturated carbocycles. The molecule has 0 bridgehead atoms. The van der Waals surface area contributed by atoms with Crippen LogP contribution in [-0.2, 0) is 17.8 Å². The average Bonchev–Trinajstić information content (AvgIpc) is 3.12. The van der Waals surface area contributed by atoms with Crippen molar-refractivity contribution < 1.29 is 9.59 Å². The molecule has 1 aromatic rings. The van der Waals surface area contributed by atoms with Crippen LogP contribution < -0.4 is 0 Å². The van der Waals surface area contributed by atoms with E-state index in [2.05, 4.69) is 5.10 Å². The minimum Gasteiger partial charge on any atom is -0.339 e. The number of hydrogen-bond acceptors (Lipinski definition) is 3. The Kier molecular flexibility index (Phi) is 5.27. The fourth-order valence-corrected chi connectivity index (χ4v) is 4.61. The highest BCUT2D eigenvalue weighted by molar-refractivity contribution is 5.92. The maximum atomic E-state index is 12.8. The van der Waals surface area contributed by atoms with Crippen molar-refractivity contribution in [3.8, 4) is 0 Å². The van der Waals surface area contributed by atoms with Crippen molar-refractivity contribution in [2.45, 2.75) is 64.3 Å². The summed E-state index contributed by atoms with van der Waals surface area (Å²) < 4.78 is 1.99. The minimum absolute atomic E-state index is 0.0197. The second-order valence-electron chi connectivity index (χ2n) is 8.08. The summed E-state index contributed by atoms with van der Waals surface area (Å²) in [5.41, 5.74) is 1.75. The van der Waals surface area contributed by atoms with Crippen LogP contribution in [0.15, 0.2) is 6.07 Å². The van der Waals surface area contributed by atoms with Gasteiger partial charge < -0.3 is 9.80 Å². The molecule has 0 aromatic carbocycles. The summed E-state index contributed by atoms with van der Waals surface area (Å²) in [6.45, 7) is 3.48. The molecule has 2 aliphatic heterocycles. The van der Waals surface area contributed by atoms with Crippen molar-refractivity contribution in [2.24, 2.45) is 5.92 Å². The SMILES string of the molecule is O=C(CC1CCCCC1)N1CCN(C(=O)c2cc3n(n2)CCCC3)CC1. The molecule has 6 nitrogen and oxygen atoms in total. The van der Waals surface area contributed by atoms with E-state index in [1.165, 1.54) is 44.2 Å². The lowest BCUT2D eigenvalue weighted by Crippen LogP contribution is -2.51. The Balaban J connectivity index is 1.29. The van der Waals surface area contributed by atoms with Gasteiger partial charge in [-0.15, -0.1) is 0 Å². The predicted octanol–water partition coefficient (Wildman–Crippen LogP) is 2.47. The number of aryl methyl sites for hydroxylation is 2. The van der Waals surface area contributed by atoms with Gasteiger partial charge in [-0.05, 0) is 44.1 Å². The zero-order valence-electron chi connectivity index (χ0n) is 15.7. The van der Waals surface area contributed by atoms with Crippen LogP contribution in [0.4, 0.5) is 0 Å². The number of carbonyl (C=O) groups is 2. The molecule has 0 atom stereocenters. The molecular formula is C20H30N4O2. The molecule has 26 heavy (non-hydrogen) atoms. The van der Waals surface area contributed by atoms with Crippen molar-refractivity contribution in [1.29, 1.82) is 0 Å². The largest absolute Gasteiger partial charge is 0.339 e. The lowest BCUT2D eigenvalue weighted by atomic mass is 9.86. The second-order valence-corrected chi connectivity index (χ2v) is 8.08. The molecule has 1 saturated heterocycles. The average molecular weight is 358 g/mol. The highest BCUT2D eigenvalue weighted by Gasteiger charge is 2.28. The standard InChI is InChI=1S/C20H30N4O2/c25-19(14-16-6-2-1-3-7-16)22-10-12-23(13-11-22)20(26)18-15-17-8-4-5-9-24(17)21-18/h15-16H,1-14H2. The number of nitrogens with zero attached hydrogens (tertiary/aromatic N) is 4. The predicted molar refractivity (Wildman–Crippen MR) is 98.8 cm³/mol. The molecule has 0 spiro atoms. The third-order valence-corrected chi connectivity index (χ3v) is 6.24. The van der Waals surface area contributed by atoms with Gasteiger partial charge in [0.1, 0.15) is 0 Å². The van der Waals surface area contributed by atoms with Crippen molar-refractivity contribution in [3.05, 3.63) is 17.5 Å². The number of aromatic nitrogens is 2. The molecule has 3 heterocycles. The summed E-state index contributed by atoms with van der Waals surface area (Å²) in [4.78, 5) is 29.1. The fourth-order valence-electron chi connectivity index (χ4n) is 4.61. The van der Waals surface area contributed by atoms with E-state index in [0.29, 0.717) is 44.2 Å². The number of piperazine rings is 1. The number of rotatable bonds is 3. The van der Waals surface area contributed by atoms with Crippen LogP contribution in [0.5, 0.6) is 0 Å². The van der Waals surface area contributed by atoms with Gasteiger partial charge in [-0.2, -0.15) is 5.10 Å². The Morgan fingerprint density at radius 1 is 0.923 bits per heavy atom. The van der Waals surface area contributed by atoms with Crippen molar-refractivity contribution in [1.82, 2.24) is 19.6 Å². The lowest BCUT2D eigenvalue weighted by molar-refractivity contribution is -0.133. The Bertz CT molecular complexity index is 631. The topological polar surface area (TPSA) is 58.4 Å². The van der Waals surface area contributed by atoms with Gasteiger partial charge in [-0.3, -0.25) is 14.3 Å². The Hall–Kier alpha value is -1.85. The van der Waals surface area contributed by atoms with Crippen molar-refractivity contribution in [2.75, 3.05) is 26.2 Å². The molecule has 0 radical (unpaired) electrons. The van der Waals surface area contributed by atoms with Crippen LogP contribution in [0.1, 0.15) is 67.5 Å². The molecule has 2 amide bonds. The molecule has 142 valence electrons. The third kappa shape index (κ3) is 3.79. The lowest BCUT2D eigenvalue weighted by Gasteiger charge is -2.35. The van der Waals surface area contributed by atoms with Crippen LogP contribution in [0, 0.1) is 5.92 Å². The number of amides is 2. The van der Waals surface area contributed by atoms with Crippen LogP contribution >= 0.6 is 0 Å². The smallest absolute Gasteiger partial charge is 0.274 e. The molecule has 1 aromatic heterocycles. The van der Waals surface area contributed by atoms with E-state index in [1.807, 2.05) is 20.5 Å². The van der Waals surface area contributed by atoms with E-state index in [-0.39, 0.29) is 11.8 Å². The van der Waals surface area contributed by atoms with Crippen LogP contribution in [0.2, 0.25) is 0 Å². The summed E-state index contributed by atoms with van der Waals surface area (Å²) in [6.07, 6.45) is 10.3. The summed E-state index contributed by atoms with van der Waals surface area (Å²) in [5.74, 6) is 0.875. The zero-order valence-corrected chi connectivity index (χ0v) is 15.7. The third-order valence-electron chi connectivity index (χ3n) is 6.24. The van der Waals surface area contributed by atoms with Crippen LogP contribution in [-0.4, -0.2) is 57.6 Å². The first-order valence-electron chi connectivity index (χ1n) is 10.3. The first kappa shape index (κ1) is 17.6. The van der Waals surface area contributed by atoms with Gasteiger partial charge in [0.05, 0.1) is 0 Å². The monoisotopic (exact) mass is 358 g/mol. The molecular weight excluding hydrogens is 328 g/mol. The van der Waals surface area contributed by atoms with Gasteiger partial charge in [0.25, 0.3) is 5.91 Å². The quantitative estimate of drug-likeness (QED) is 0.834. The molecule has 0 N–H and O–H groups in total. The second kappa shape index (κ2) is 7.80. The zero-order chi connectivity index (χ0) is 17.9. The molecule has 0 unspecified atom stereocenters. The van der Waals surface area contributed by atoms with Gasteiger partial charge in [-0.1, -0.05) is 19.3 Å². The Morgan fingerprint density at radius 3 is 2.38 bits per heavy atom. The van der Waals surface area contributed by atoms with Crippen LogP contribution in [0.25, 0.3) is 0 Å². The Morgan fingerprint density at radius 2 is 1.65 bits per heavy atom.